The third kappa shape index (κ3) is 11.0. The van der Waals surface area contributed by atoms with Crippen molar-refractivity contribution in [2.75, 3.05) is 19.6 Å². The Labute approximate surface area is 250 Å². The SMILES string of the molecule is CCN(C[C@@H](Cc1ccccc1)NC(=O)OCc1cccs1)C[C@@H](Cc1ccccc1)NC(=O)OCc1cccs1. The standard InChI is InChI=1S/C32H37N3O4S2/c1-2-35(21-27(19-25-11-5-3-6-12-25)33-31(36)38-23-29-15-9-17-40-29)22-28(20-26-13-7-4-8-14-26)34-32(37)39-24-30-16-10-18-41-30/h3-18,27-28H,2,19-24H2,1H3,(H,33,36)(H,34,37)/t27-,28-/m1/s1. The van der Waals surface area contributed by atoms with Crippen LogP contribution in [0.4, 0.5) is 9.59 Å². The number of nitrogens with one attached hydrogen (secondary N) is 2. The first-order valence-corrected chi connectivity index (χ1v) is 15.5. The third-order valence-electron chi connectivity index (χ3n) is 6.55. The van der Waals surface area contributed by atoms with Crippen molar-refractivity contribution in [1.29, 1.82) is 0 Å². The molecule has 0 aliphatic carbocycles. The highest BCUT2D eigenvalue weighted by molar-refractivity contribution is 7.10. The van der Waals surface area contributed by atoms with E-state index in [0.29, 0.717) is 25.9 Å². The summed E-state index contributed by atoms with van der Waals surface area (Å²) in [7, 11) is 0. The van der Waals surface area contributed by atoms with Crippen LogP contribution in [0.5, 0.6) is 0 Å². The Morgan fingerprint density at radius 1 is 0.683 bits per heavy atom. The molecule has 0 fully saturated rings. The first-order chi connectivity index (χ1) is 20.1. The van der Waals surface area contributed by atoms with Gasteiger partial charge in [-0.3, -0.25) is 4.90 Å². The summed E-state index contributed by atoms with van der Waals surface area (Å²) in [6.07, 6.45) is 0.439. The molecule has 2 N–H and O–H groups in total. The summed E-state index contributed by atoms with van der Waals surface area (Å²) in [4.78, 5) is 29.8. The van der Waals surface area contributed by atoms with E-state index in [1.807, 2.05) is 71.4 Å². The van der Waals surface area contributed by atoms with E-state index in [2.05, 4.69) is 46.7 Å². The van der Waals surface area contributed by atoms with Gasteiger partial charge in [-0.2, -0.15) is 0 Å². The lowest BCUT2D eigenvalue weighted by Crippen LogP contribution is -2.50. The quantitative estimate of drug-likeness (QED) is 0.165. The molecule has 0 radical (unpaired) electrons. The Hall–Kier alpha value is -3.66. The van der Waals surface area contributed by atoms with Crippen molar-refractivity contribution in [2.24, 2.45) is 0 Å². The Morgan fingerprint density at radius 3 is 1.49 bits per heavy atom. The van der Waals surface area contributed by atoms with Crippen LogP contribution in [-0.4, -0.2) is 48.8 Å². The van der Waals surface area contributed by atoms with Crippen LogP contribution in [0.1, 0.15) is 27.8 Å². The van der Waals surface area contributed by atoms with Crippen molar-refractivity contribution in [3.8, 4) is 0 Å². The summed E-state index contributed by atoms with van der Waals surface area (Å²) in [5.41, 5.74) is 2.26. The van der Waals surface area contributed by atoms with Gasteiger partial charge in [0.2, 0.25) is 0 Å². The average Bonchev–Trinajstić information content (AvgIpc) is 3.70. The molecule has 2 aromatic carbocycles. The molecule has 41 heavy (non-hydrogen) atoms. The number of carbonyl (C=O) groups excluding carboxylic acids is 2. The van der Waals surface area contributed by atoms with Crippen molar-refractivity contribution in [3.63, 3.8) is 0 Å². The summed E-state index contributed by atoms with van der Waals surface area (Å²) < 4.78 is 11.0. The number of alkyl carbamates (subject to hydrolysis) is 2. The summed E-state index contributed by atoms with van der Waals surface area (Å²) in [6, 6.07) is 27.6. The van der Waals surface area contributed by atoms with Crippen molar-refractivity contribution in [1.82, 2.24) is 15.5 Å². The molecule has 4 rings (SSSR count). The van der Waals surface area contributed by atoms with Crippen LogP contribution in [0, 0.1) is 0 Å². The second kappa shape index (κ2) is 16.6. The van der Waals surface area contributed by atoms with Crippen LogP contribution < -0.4 is 10.6 Å². The predicted octanol–water partition coefficient (Wildman–Crippen LogP) is 6.51. The Kier molecular flexibility index (Phi) is 12.2. The van der Waals surface area contributed by atoms with Crippen LogP contribution in [0.15, 0.2) is 95.7 Å². The Balaban J connectivity index is 1.41. The van der Waals surface area contributed by atoms with Gasteiger partial charge in [0, 0.05) is 34.9 Å². The highest BCUT2D eigenvalue weighted by Gasteiger charge is 2.22. The lowest BCUT2D eigenvalue weighted by atomic mass is 10.0. The molecule has 0 spiro atoms. The molecular weight excluding hydrogens is 555 g/mol. The van der Waals surface area contributed by atoms with Gasteiger partial charge in [-0.05, 0) is 53.4 Å². The van der Waals surface area contributed by atoms with Crippen molar-refractivity contribution < 1.29 is 19.1 Å². The first kappa shape index (κ1) is 30.3. The van der Waals surface area contributed by atoms with Gasteiger partial charge < -0.3 is 20.1 Å². The minimum atomic E-state index is -0.438. The number of ether oxygens (including phenoxy) is 2. The van der Waals surface area contributed by atoms with E-state index in [4.69, 9.17) is 9.47 Å². The van der Waals surface area contributed by atoms with E-state index in [1.54, 1.807) is 22.7 Å². The molecule has 0 bridgehead atoms. The fourth-order valence-electron chi connectivity index (χ4n) is 4.56. The first-order valence-electron chi connectivity index (χ1n) is 13.8. The van der Waals surface area contributed by atoms with E-state index >= 15 is 0 Å². The number of carbonyl (C=O) groups is 2. The molecule has 2 atom stereocenters. The maximum Gasteiger partial charge on any atom is 0.407 e. The summed E-state index contributed by atoms with van der Waals surface area (Å²) in [5.74, 6) is 0. The van der Waals surface area contributed by atoms with Gasteiger partial charge in [0.1, 0.15) is 13.2 Å². The highest BCUT2D eigenvalue weighted by atomic mass is 32.1. The molecule has 0 saturated carbocycles. The number of benzene rings is 2. The molecule has 0 unspecified atom stereocenters. The molecule has 2 aromatic heterocycles. The number of likely N-dealkylation sites (N-methyl/N-ethyl adjacent to an activating group) is 1. The fourth-order valence-corrected chi connectivity index (χ4v) is 5.79. The minimum Gasteiger partial charge on any atom is -0.444 e. The Bertz CT molecular complexity index is 1190. The van der Waals surface area contributed by atoms with Crippen LogP contribution in [0.25, 0.3) is 0 Å². The molecule has 2 amide bonds. The molecule has 0 aliphatic rings. The molecular formula is C32H37N3O4S2. The van der Waals surface area contributed by atoms with E-state index in [-0.39, 0.29) is 25.3 Å². The molecule has 9 heteroatoms. The summed E-state index contributed by atoms with van der Waals surface area (Å²) >= 11 is 3.12. The van der Waals surface area contributed by atoms with Gasteiger partial charge in [0.15, 0.2) is 0 Å². The molecule has 7 nitrogen and oxygen atoms in total. The van der Waals surface area contributed by atoms with Crippen molar-refractivity contribution in [3.05, 3.63) is 117 Å². The second-order valence-corrected chi connectivity index (χ2v) is 11.8. The van der Waals surface area contributed by atoms with Crippen molar-refractivity contribution >= 4 is 34.9 Å². The summed E-state index contributed by atoms with van der Waals surface area (Å²) in [6.45, 7) is 4.51. The van der Waals surface area contributed by atoms with Crippen LogP contribution in [0.3, 0.4) is 0 Å². The van der Waals surface area contributed by atoms with Gasteiger partial charge in [-0.1, -0.05) is 79.7 Å². The number of amides is 2. The number of rotatable bonds is 15. The zero-order chi connectivity index (χ0) is 28.7. The maximum atomic E-state index is 12.8. The minimum absolute atomic E-state index is 0.184. The number of nitrogens with zero attached hydrogens (tertiary/aromatic N) is 1. The molecule has 0 aliphatic heterocycles. The third-order valence-corrected chi connectivity index (χ3v) is 8.25. The monoisotopic (exact) mass is 591 g/mol. The van der Waals surface area contributed by atoms with Gasteiger partial charge in [-0.15, -0.1) is 22.7 Å². The zero-order valence-electron chi connectivity index (χ0n) is 23.2. The predicted molar refractivity (Wildman–Crippen MR) is 165 cm³/mol. The number of hydrogen-bond acceptors (Lipinski definition) is 7. The largest absolute Gasteiger partial charge is 0.444 e. The number of hydrogen-bond donors (Lipinski definition) is 2. The van der Waals surface area contributed by atoms with Gasteiger partial charge in [0.25, 0.3) is 0 Å². The van der Waals surface area contributed by atoms with Gasteiger partial charge in [-0.25, -0.2) is 9.59 Å². The van der Waals surface area contributed by atoms with E-state index in [0.717, 1.165) is 27.4 Å². The smallest absolute Gasteiger partial charge is 0.407 e. The number of thiophene rings is 2. The highest BCUT2D eigenvalue weighted by Crippen LogP contribution is 2.13. The van der Waals surface area contributed by atoms with Gasteiger partial charge >= 0.3 is 12.2 Å². The maximum absolute atomic E-state index is 12.8. The zero-order valence-corrected chi connectivity index (χ0v) is 24.9. The molecule has 2 heterocycles. The van der Waals surface area contributed by atoms with Crippen LogP contribution in [-0.2, 0) is 35.5 Å². The van der Waals surface area contributed by atoms with E-state index in [1.165, 1.54) is 0 Å². The average molecular weight is 592 g/mol. The fraction of sp³-hybridized carbons (Fsp3) is 0.312. The normalized spacial score (nSPS) is 12.4. The summed E-state index contributed by atoms with van der Waals surface area (Å²) in [5, 5.41) is 10.1. The van der Waals surface area contributed by atoms with Crippen LogP contribution >= 0.6 is 22.7 Å². The van der Waals surface area contributed by atoms with E-state index in [9.17, 15) is 9.59 Å². The van der Waals surface area contributed by atoms with Gasteiger partial charge in [0.05, 0.1) is 0 Å². The van der Waals surface area contributed by atoms with Crippen LogP contribution in [0.2, 0.25) is 0 Å². The Morgan fingerprint density at radius 2 is 1.12 bits per heavy atom. The van der Waals surface area contributed by atoms with E-state index < -0.39 is 12.2 Å². The van der Waals surface area contributed by atoms with Crippen molar-refractivity contribution in [2.45, 2.75) is 45.1 Å². The second-order valence-electron chi connectivity index (χ2n) is 9.73. The lowest BCUT2D eigenvalue weighted by Gasteiger charge is -2.30. The topological polar surface area (TPSA) is 79.9 Å². The molecule has 0 saturated heterocycles. The lowest BCUT2D eigenvalue weighted by molar-refractivity contribution is 0.127. The molecule has 4 aromatic rings. The molecule has 216 valence electrons.